The highest BCUT2D eigenvalue weighted by molar-refractivity contribution is 7.10. The molecular weight excluding hydrogens is 341 g/mol. The maximum Gasteiger partial charge on any atom is 0.252 e. The monoisotopic (exact) mass is 355 g/mol. The summed E-state index contributed by atoms with van der Waals surface area (Å²) in [7, 11) is 0. The number of thiophene rings is 1. The minimum Gasteiger partial charge on any atom is -0.382 e. The molecule has 3 nitrogen and oxygen atoms in total. The molecular formula is C16H15Cl2NO2S. The van der Waals surface area contributed by atoms with Crippen molar-refractivity contribution in [2.45, 2.75) is 18.4 Å². The molecule has 116 valence electrons. The van der Waals surface area contributed by atoms with Crippen molar-refractivity contribution in [3.63, 3.8) is 0 Å². The minimum absolute atomic E-state index is 0.177. The summed E-state index contributed by atoms with van der Waals surface area (Å²) in [4.78, 5) is 13.2. The summed E-state index contributed by atoms with van der Waals surface area (Å²) in [6.07, 6.45) is 1.96. The fraction of sp³-hybridized carbons (Fsp3) is 0.312. The zero-order valence-electron chi connectivity index (χ0n) is 11.7. The van der Waals surface area contributed by atoms with E-state index in [9.17, 15) is 9.90 Å². The lowest BCUT2D eigenvalue weighted by Crippen LogP contribution is -2.42. The number of aliphatic hydroxyl groups is 1. The normalized spacial score (nSPS) is 17.0. The Kier molecular flexibility index (Phi) is 4.46. The summed E-state index contributed by atoms with van der Waals surface area (Å²) in [5, 5.41) is 16.5. The SMILES string of the molecule is O=C(NCC(O)(c1cccs1)C1CC1)c1ccc(Cl)cc1Cl. The maximum atomic E-state index is 12.3. The molecule has 1 unspecified atom stereocenters. The second-order valence-electron chi connectivity index (χ2n) is 5.48. The first-order valence-electron chi connectivity index (χ1n) is 7.00. The highest BCUT2D eigenvalue weighted by Gasteiger charge is 2.46. The average molecular weight is 356 g/mol. The third kappa shape index (κ3) is 3.15. The smallest absolute Gasteiger partial charge is 0.252 e. The highest BCUT2D eigenvalue weighted by Crippen LogP contribution is 2.46. The summed E-state index contributed by atoms with van der Waals surface area (Å²) < 4.78 is 0. The number of benzene rings is 1. The van der Waals surface area contributed by atoms with E-state index in [4.69, 9.17) is 23.2 Å². The van der Waals surface area contributed by atoms with E-state index in [1.165, 1.54) is 17.4 Å². The standard InChI is InChI=1S/C16H15Cl2NO2S/c17-11-5-6-12(13(18)8-11)15(20)19-9-16(21,10-3-4-10)14-2-1-7-22-14/h1-2,5-8,10,21H,3-4,9H2,(H,19,20). The molecule has 0 bridgehead atoms. The Morgan fingerprint density at radius 2 is 2.14 bits per heavy atom. The minimum atomic E-state index is -0.997. The molecule has 0 saturated heterocycles. The first-order chi connectivity index (χ1) is 10.5. The van der Waals surface area contributed by atoms with E-state index in [0.717, 1.165) is 17.7 Å². The number of carbonyl (C=O) groups is 1. The maximum absolute atomic E-state index is 12.3. The number of hydrogen-bond donors (Lipinski definition) is 2. The quantitative estimate of drug-likeness (QED) is 0.848. The second-order valence-corrected chi connectivity index (χ2v) is 7.27. The molecule has 3 rings (SSSR count). The van der Waals surface area contributed by atoms with E-state index in [1.807, 2.05) is 17.5 Å². The van der Waals surface area contributed by atoms with Crippen molar-refractivity contribution in [3.05, 3.63) is 56.2 Å². The molecule has 1 fully saturated rings. The van der Waals surface area contributed by atoms with Crippen LogP contribution in [0.25, 0.3) is 0 Å². The Bertz CT molecular complexity index is 685. The Balaban J connectivity index is 1.74. The van der Waals surface area contributed by atoms with Gasteiger partial charge in [-0.05, 0) is 48.4 Å². The van der Waals surface area contributed by atoms with Gasteiger partial charge in [0.05, 0.1) is 17.1 Å². The number of nitrogens with one attached hydrogen (secondary N) is 1. The van der Waals surface area contributed by atoms with Gasteiger partial charge in [-0.1, -0.05) is 29.3 Å². The Morgan fingerprint density at radius 3 is 2.73 bits per heavy atom. The fourth-order valence-corrected chi connectivity index (χ4v) is 3.90. The Hall–Kier alpha value is -1.07. The lowest BCUT2D eigenvalue weighted by molar-refractivity contribution is 0.0169. The number of hydrogen-bond acceptors (Lipinski definition) is 3. The molecule has 1 aromatic carbocycles. The molecule has 0 aliphatic heterocycles. The van der Waals surface area contributed by atoms with Crippen LogP contribution in [0.1, 0.15) is 28.1 Å². The zero-order chi connectivity index (χ0) is 15.7. The molecule has 6 heteroatoms. The average Bonchev–Trinajstić information content (AvgIpc) is 3.20. The van der Waals surface area contributed by atoms with E-state index < -0.39 is 5.60 Å². The van der Waals surface area contributed by atoms with E-state index in [0.29, 0.717) is 15.6 Å². The molecule has 1 atom stereocenters. The summed E-state index contributed by atoms with van der Waals surface area (Å²) in [6, 6.07) is 8.55. The van der Waals surface area contributed by atoms with Gasteiger partial charge < -0.3 is 10.4 Å². The molecule has 2 aromatic rings. The van der Waals surface area contributed by atoms with Crippen LogP contribution < -0.4 is 5.32 Å². The van der Waals surface area contributed by atoms with Gasteiger partial charge in [0.2, 0.25) is 0 Å². The van der Waals surface area contributed by atoms with Gasteiger partial charge in [0.1, 0.15) is 5.60 Å². The summed E-state index contributed by atoms with van der Waals surface area (Å²) in [5.41, 5.74) is -0.640. The lowest BCUT2D eigenvalue weighted by atomic mass is 9.95. The van der Waals surface area contributed by atoms with Crippen LogP contribution in [-0.4, -0.2) is 17.6 Å². The predicted octanol–water partition coefficient (Wildman–Crippen LogP) is 4.08. The molecule has 1 aromatic heterocycles. The van der Waals surface area contributed by atoms with Crippen molar-refractivity contribution < 1.29 is 9.90 Å². The fourth-order valence-electron chi connectivity index (χ4n) is 2.50. The van der Waals surface area contributed by atoms with Gasteiger partial charge in [-0.2, -0.15) is 0 Å². The van der Waals surface area contributed by atoms with Crippen molar-refractivity contribution in [1.29, 1.82) is 0 Å². The van der Waals surface area contributed by atoms with Crippen LogP contribution in [0.2, 0.25) is 10.0 Å². The first-order valence-corrected chi connectivity index (χ1v) is 8.64. The van der Waals surface area contributed by atoms with Crippen LogP contribution in [0.5, 0.6) is 0 Å². The molecule has 2 N–H and O–H groups in total. The molecule has 1 saturated carbocycles. The van der Waals surface area contributed by atoms with Crippen molar-refractivity contribution in [2.24, 2.45) is 5.92 Å². The number of rotatable bonds is 5. The second kappa shape index (κ2) is 6.20. The molecule has 1 aliphatic rings. The van der Waals surface area contributed by atoms with Gasteiger partial charge in [-0.15, -0.1) is 11.3 Å². The Morgan fingerprint density at radius 1 is 1.36 bits per heavy atom. The topological polar surface area (TPSA) is 49.3 Å². The highest BCUT2D eigenvalue weighted by atomic mass is 35.5. The van der Waals surface area contributed by atoms with Gasteiger partial charge in [-0.25, -0.2) is 0 Å². The van der Waals surface area contributed by atoms with E-state index >= 15 is 0 Å². The van der Waals surface area contributed by atoms with Crippen molar-refractivity contribution in [1.82, 2.24) is 5.32 Å². The van der Waals surface area contributed by atoms with Crippen molar-refractivity contribution >= 4 is 40.4 Å². The molecule has 1 heterocycles. The largest absolute Gasteiger partial charge is 0.382 e. The van der Waals surface area contributed by atoms with Crippen LogP contribution in [0.4, 0.5) is 0 Å². The summed E-state index contributed by atoms with van der Waals surface area (Å²) in [6.45, 7) is 0.177. The number of carbonyl (C=O) groups excluding carboxylic acids is 1. The van der Waals surface area contributed by atoms with Gasteiger partial charge >= 0.3 is 0 Å². The third-order valence-corrected chi connectivity index (χ3v) is 5.48. The van der Waals surface area contributed by atoms with Crippen LogP contribution in [0, 0.1) is 5.92 Å². The molecule has 0 radical (unpaired) electrons. The predicted molar refractivity (Wildman–Crippen MR) is 89.7 cm³/mol. The van der Waals surface area contributed by atoms with Gasteiger partial charge in [-0.3, -0.25) is 4.79 Å². The Labute approximate surface area is 142 Å². The zero-order valence-corrected chi connectivity index (χ0v) is 14.0. The lowest BCUT2D eigenvalue weighted by Gasteiger charge is -2.27. The van der Waals surface area contributed by atoms with E-state index in [1.54, 1.807) is 12.1 Å². The van der Waals surface area contributed by atoms with Crippen LogP contribution in [0.15, 0.2) is 35.7 Å². The molecule has 22 heavy (non-hydrogen) atoms. The van der Waals surface area contributed by atoms with Gasteiger partial charge in [0.15, 0.2) is 0 Å². The van der Waals surface area contributed by atoms with Gasteiger partial charge in [0.25, 0.3) is 5.91 Å². The van der Waals surface area contributed by atoms with Crippen LogP contribution in [-0.2, 0) is 5.60 Å². The van der Waals surface area contributed by atoms with E-state index in [-0.39, 0.29) is 18.4 Å². The van der Waals surface area contributed by atoms with Gasteiger partial charge in [0, 0.05) is 9.90 Å². The summed E-state index contributed by atoms with van der Waals surface area (Å²) >= 11 is 13.4. The van der Waals surface area contributed by atoms with Crippen LogP contribution >= 0.6 is 34.5 Å². The van der Waals surface area contributed by atoms with Crippen molar-refractivity contribution in [3.8, 4) is 0 Å². The molecule has 0 spiro atoms. The number of amides is 1. The summed E-state index contributed by atoms with van der Waals surface area (Å²) in [5.74, 6) is -0.107. The number of halogens is 2. The molecule has 1 aliphatic carbocycles. The third-order valence-electron chi connectivity index (χ3n) is 3.89. The first kappa shape index (κ1) is 15.8. The molecule has 1 amide bonds. The van der Waals surface area contributed by atoms with Crippen LogP contribution in [0.3, 0.4) is 0 Å². The van der Waals surface area contributed by atoms with E-state index in [2.05, 4.69) is 5.32 Å². The van der Waals surface area contributed by atoms with Crippen molar-refractivity contribution in [2.75, 3.05) is 6.54 Å².